The third-order valence-electron chi connectivity index (χ3n) is 3.00. The molecule has 0 aliphatic carbocycles. The average Bonchev–Trinajstić information content (AvgIpc) is 2.26. The van der Waals surface area contributed by atoms with Crippen LogP contribution in [0.1, 0.15) is 36.6 Å². The Bertz CT molecular complexity index is 461. The third kappa shape index (κ3) is 3.45. The lowest BCUT2D eigenvalue weighted by Crippen LogP contribution is -2.27. The van der Waals surface area contributed by atoms with Crippen LogP contribution in [0.5, 0.6) is 0 Å². The van der Waals surface area contributed by atoms with Gasteiger partial charge in [0.25, 0.3) is 0 Å². The Hall–Kier alpha value is -1.24. The summed E-state index contributed by atoms with van der Waals surface area (Å²) in [4.78, 5) is 0. The molecule has 1 rings (SSSR count). The zero-order chi connectivity index (χ0) is 15.7. The van der Waals surface area contributed by atoms with Gasteiger partial charge in [-0.1, -0.05) is 26.0 Å². The summed E-state index contributed by atoms with van der Waals surface area (Å²) in [6, 6.07) is 1.73. The molecule has 1 aromatic carbocycles. The van der Waals surface area contributed by atoms with E-state index in [0.29, 0.717) is 6.07 Å². The van der Waals surface area contributed by atoms with Crippen LogP contribution in [0.25, 0.3) is 0 Å². The van der Waals surface area contributed by atoms with Gasteiger partial charge in [0.05, 0.1) is 11.1 Å². The van der Waals surface area contributed by atoms with E-state index in [1.165, 1.54) is 7.05 Å². The maximum atomic E-state index is 13.1. The summed E-state index contributed by atoms with van der Waals surface area (Å²) in [5, 5.41) is 2.64. The number of benzene rings is 1. The minimum Gasteiger partial charge on any atom is -0.313 e. The molecule has 0 saturated heterocycles. The van der Waals surface area contributed by atoms with Crippen LogP contribution in [0, 0.1) is 5.92 Å². The molecule has 1 nitrogen and oxygen atoms in total. The number of alkyl halides is 6. The summed E-state index contributed by atoms with van der Waals surface area (Å²) in [6.45, 7) is 3.28. The van der Waals surface area contributed by atoms with Crippen molar-refractivity contribution < 1.29 is 26.3 Å². The molecule has 0 aliphatic heterocycles. The van der Waals surface area contributed by atoms with Gasteiger partial charge in [0, 0.05) is 6.04 Å². The molecule has 0 amide bonds. The second-order valence-corrected chi connectivity index (χ2v) is 4.78. The summed E-state index contributed by atoms with van der Waals surface area (Å²) >= 11 is 0. The SMILES string of the molecule is CNC(c1cccc(C(F)(F)F)c1C(F)(F)F)C(C)C. The van der Waals surface area contributed by atoms with E-state index in [1.54, 1.807) is 13.8 Å². The maximum Gasteiger partial charge on any atom is 0.417 e. The second-order valence-electron chi connectivity index (χ2n) is 4.78. The summed E-state index contributed by atoms with van der Waals surface area (Å²) in [6.07, 6.45) is -10.1. The first-order valence-corrected chi connectivity index (χ1v) is 5.94. The van der Waals surface area contributed by atoms with Gasteiger partial charge in [-0.05, 0) is 24.6 Å². The van der Waals surface area contributed by atoms with Crippen LogP contribution in [0.4, 0.5) is 26.3 Å². The van der Waals surface area contributed by atoms with Gasteiger partial charge in [-0.3, -0.25) is 0 Å². The molecule has 0 fully saturated rings. The molecule has 0 aromatic heterocycles. The lowest BCUT2D eigenvalue weighted by atomic mass is 9.89. The van der Waals surface area contributed by atoms with Gasteiger partial charge in [-0.25, -0.2) is 0 Å². The smallest absolute Gasteiger partial charge is 0.313 e. The van der Waals surface area contributed by atoms with Gasteiger partial charge in [-0.15, -0.1) is 0 Å². The highest BCUT2D eigenvalue weighted by Gasteiger charge is 2.45. The van der Waals surface area contributed by atoms with Crippen molar-refractivity contribution in [3.05, 3.63) is 34.9 Å². The molecule has 0 aliphatic rings. The van der Waals surface area contributed by atoms with Gasteiger partial charge in [0.15, 0.2) is 0 Å². The highest BCUT2D eigenvalue weighted by molar-refractivity contribution is 5.41. The van der Waals surface area contributed by atoms with Crippen molar-refractivity contribution in [1.82, 2.24) is 5.32 Å². The van der Waals surface area contributed by atoms with E-state index in [2.05, 4.69) is 5.32 Å². The standard InChI is InChI=1S/C13H15F6N/c1-7(2)11(20-3)8-5-4-6-9(12(14,15)16)10(8)13(17,18)19/h4-7,11,20H,1-3H3. The highest BCUT2D eigenvalue weighted by atomic mass is 19.4. The Kier molecular flexibility index (Phi) is 4.74. The molecule has 1 unspecified atom stereocenters. The number of nitrogens with one attached hydrogen (secondary N) is 1. The van der Waals surface area contributed by atoms with Crippen molar-refractivity contribution >= 4 is 0 Å². The van der Waals surface area contributed by atoms with Crippen molar-refractivity contribution in [3.8, 4) is 0 Å². The third-order valence-corrected chi connectivity index (χ3v) is 3.00. The Balaban J connectivity index is 3.61. The Morgan fingerprint density at radius 3 is 1.85 bits per heavy atom. The van der Waals surface area contributed by atoms with E-state index in [0.717, 1.165) is 12.1 Å². The first kappa shape index (κ1) is 16.8. The van der Waals surface area contributed by atoms with Gasteiger partial charge >= 0.3 is 12.4 Å². The molecule has 0 bridgehead atoms. The molecule has 0 saturated carbocycles. The number of hydrogen-bond acceptors (Lipinski definition) is 1. The fourth-order valence-electron chi connectivity index (χ4n) is 2.23. The first-order chi connectivity index (χ1) is 9.00. The van der Waals surface area contributed by atoms with Gasteiger partial charge < -0.3 is 5.32 Å². The molecule has 7 heteroatoms. The molecule has 1 atom stereocenters. The van der Waals surface area contributed by atoms with Crippen molar-refractivity contribution in [1.29, 1.82) is 0 Å². The van der Waals surface area contributed by atoms with Gasteiger partial charge in [0.2, 0.25) is 0 Å². The van der Waals surface area contributed by atoms with Crippen molar-refractivity contribution in [2.75, 3.05) is 7.05 Å². The fraction of sp³-hybridized carbons (Fsp3) is 0.538. The van der Waals surface area contributed by atoms with E-state index < -0.39 is 29.5 Å². The van der Waals surface area contributed by atoms with Crippen LogP contribution < -0.4 is 5.32 Å². The van der Waals surface area contributed by atoms with E-state index >= 15 is 0 Å². The molecular weight excluding hydrogens is 284 g/mol. The number of halogens is 6. The number of rotatable bonds is 3. The average molecular weight is 299 g/mol. The molecule has 1 aromatic rings. The Labute approximate surface area is 113 Å². The second kappa shape index (κ2) is 5.63. The Morgan fingerprint density at radius 1 is 0.950 bits per heavy atom. The predicted octanol–water partition coefficient (Wildman–Crippen LogP) is 4.64. The molecule has 1 N–H and O–H groups in total. The summed E-state index contributed by atoms with van der Waals surface area (Å²) in [5.74, 6) is -0.287. The lowest BCUT2D eigenvalue weighted by molar-refractivity contribution is -0.162. The summed E-state index contributed by atoms with van der Waals surface area (Å²) < 4.78 is 77.6. The predicted molar refractivity (Wildman–Crippen MR) is 63.1 cm³/mol. The first-order valence-electron chi connectivity index (χ1n) is 5.94. The van der Waals surface area contributed by atoms with E-state index in [9.17, 15) is 26.3 Å². The van der Waals surface area contributed by atoms with Gasteiger partial charge in [-0.2, -0.15) is 26.3 Å². The van der Waals surface area contributed by atoms with E-state index in [-0.39, 0.29) is 11.5 Å². The Morgan fingerprint density at radius 2 is 1.50 bits per heavy atom. The monoisotopic (exact) mass is 299 g/mol. The molecular formula is C13H15F6N. The van der Waals surface area contributed by atoms with Crippen LogP contribution >= 0.6 is 0 Å². The molecule has 0 radical (unpaired) electrons. The van der Waals surface area contributed by atoms with Crippen molar-refractivity contribution in [3.63, 3.8) is 0 Å². The van der Waals surface area contributed by atoms with Crippen LogP contribution in [0.2, 0.25) is 0 Å². The lowest BCUT2D eigenvalue weighted by Gasteiger charge is -2.26. The van der Waals surface area contributed by atoms with Crippen molar-refractivity contribution in [2.45, 2.75) is 32.2 Å². The zero-order valence-electron chi connectivity index (χ0n) is 11.2. The van der Waals surface area contributed by atoms with E-state index in [1.807, 2.05) is 0 Å². The maximum absolute atomic E-state index is 13.1. The summed E-state index contributed by atoms with van der Waals surface area (Å²) in [5.41, 5.74) is -3.64. The minimum absolute atomic E-state index is 0.287. The van der Waals surface area contributed by atoms with Crippen LogP contribution in [-0.2, 0) is 12.4 Å². The van der Waals surface area contributed by atoms with Crippen LogP contribution in [0.3, 0.4) is 0 Å². The zero-order valence-corrected chi connectivity index (χ0v) is 11.2. The topological polar surface area (TPSA) is 12.0 Å². The molecule has 20 heavy (non-hydrogen) atoms. The highest BCUT2D eigenvalue weighted by Crippen LogP contribution is 2.44. The van der Waals surface area contributed by atoms with Crippen LogP contribution in [-0.4, -0.2) is 7.05 Å². The quantitative estimate of drug-likeness (QED) is 0.802. The minimum atomic E-state index is -5.06. The molecule has 0 heterocycles. The normalized spacial score (nSPS) is 14.7. The number of hydrogen-bond donors (Lipinski definition) is 1. The van der Waals surface area contributed by atoms with Crippen molar-refractivity contribution in [2.24, 2.45) is 5.92 Å². The molecule has 114 valence electrons. The molecule has 0 spiro atoms. The fourth-order valence-corrected chi connectivity index (χ4v) is 2.23. The summed E-state index contributed by atoms with van der Waals surface area (Å²) in [7, 11) is 1.42. The van der Waals surface area contributed by atoms with Crippen LogP contribution in [0.15, 0.2) is 18.2 Å². The largest absolute Gasteiger partial charge is 0.417 e. The van der Waals surface area contributed by atoms with Gasteiger partial charge in [0.1, 0.15) is 0 Å². The van der Waals surface area contributed by atoms with E-state index in [4.69, 9.17) is 0 Å².